The van der Waals surface area contributed by atoms with Gasteiger partial charge in [0.15, 0.2) is 0 Å². The quantitative estimate of drug-likeness (QED) is 0.840. The van der Waals surface area contributed by atoms with Crippen molar-refractivity contribution in [1.29, 1.82) is 0 Å². The van der Waals surface area contributed by atoms with Gasteiger partial charge in [-0.25, -0.2) is 4.98 Å². The van der Waals surface area contributed by atoms with E-state index >= 15 is 0 Å². The van der Waals surface area contributed by atoms with Gasteiger partial charge < -0.3 is 4.90 Å². The highest BCUT2D eigenvalue weighted by molar-refractivity contribution is 7.17. The smallest absolute Gasteiger partial charge is 0.265 e. The maximum absolute atomic E-state index is 12.4. The van der Waals surface area contributed by atoms with E-state index in [0.29, 0.717) is 0 Å². The van der Waals surface area contributed by atoms with Crippen molar-refractivity contribution in [2.45, 2.75) is 19.8 Å². The van der Waals surface area contributed by atoms with Crippen LogP contribution in [0.25, 0.3) is 10.6 Å². The van der Waals surface area contributed by atoms with Crippen LogP contribution in [0, 0.1) is 6.92 Å². The largest absolute Gasteiger partial charge is 0.338 e. The lowest BCUT2D eigenvalue weighted by Crippen LogP contribution is -2.27. The van der Waals surface area contributed by atoms with Crippen molar-refractivity contribution < 1.29 is 4.79 Å². The minimum atomic E-state index is 0.148. The molecular formula is C15H16N2OS. The van der Waals surface area contributed by atoms with Crippen LogP contribution in [0.15, 0.2) is 30.3 Å². The molecule has 0 N–H and O–H groups in total. The Hall–Kier alpha value is -1.68. The molecule has 98 valence electrons. The number of amides is 1. The highest BCUT2D eigenvalue weighted by atomic mass is 32.1. The second-order valence-electron chi connectivity index (χ2n) is 4.80. The van der Waals surface area contributed by atoms with Crippen molar-refractivity contribution in [2.24, 2.45) is 0 Å². The van der Waals surface area contributed by atoms with Crippen LogP contribution in [-0.2, 0) is 0 Å². The molecule has 1 amide bonds. The highest BCUT2D eigenvalue weighted by Crippen LogP contribution is 2.29. The maximum Gasteiger partial charge on any atom is 0.265 e. The SMILES string of the molecule is Cc1nc(-c2ccccc2)sc1C(=O)N1CCCC1. The predicted molar refractivity (Wildman–Crippen MR) is 77.4 cm³/mol. The van der Waals surface area contributed by atoms with Crippen molar-refractivity contribution in [3.63, 3.8) is 0 Å². The van der Waals surface area contributed by atoms with Gasteiger partial charge in [0.1, 0.15) is 9.88 Å². The van der Waals surface area contributed by atoms with Crippen LogP contribution < -0.4 is 0 Å². The first-order valence-electron chi connectivity index (χ1n) is 6.58. The number of nitrogens with zero attached hydrogens (tertiary/aromatic N) is 2. The monoisotopic (exact) mass is 272 g/mol. The van der Waals surface area contributed by atoms with E-state index in [1.54, 1.807) is 0 Å². The molecule has 4 heteroatoms. The van der Waals surface area contributed by atoms with Gasteiger partial charge in [0.25, 0.3) is 5.91 Å². The lowest BCUT2D eigenvalue weighted by atomic mass is 10.2. The third-order valence-corrected chi connectivity index (χ3v) is 4.60. The number of likely N-dealkylation sites (tertiary alicyclic amines) is 1. The van der Waals surface area contributed by atoms with E-state index in [1.165, 1.54) is 11.3 Å². The molecule has 0 spiro atoms. The van der Waals surface area contributed by atoms with E-state index in [0.717, 1.165) is 47.1 Å². The zero-order valence-electron chi connectivity index (χ0n) is 10.9. The number of rotatable bonds is 2. The van der Waals surface area contributed by atoms with Crippen LogP contribution in [0.4, 0.5) is 0 Å². The van der Waals surface area contributed by atoms with Crippen molar-refractivity contribution in [3.05, 3.63) is 40.9 Å². The van der Waals surface area contributed by atoms with Crippen LogP contribution in [0.2, 0.25) is 0 Å². The first-order chi connectivity index (χ1) is 9.25. The Morgan fingerprint density at radius 3 is 2.58 bits per heavy atom. The Kier molecular flexibility index (Phi) is 3.34. The molecule has 19 heavy (non-hydrogen) atoms. The van der Waals surface area contributed by atoms with Crippen LogP contribution in [0.5, 0.6) is 0 Å². The number of hydrogen-bond acceptors (Lipinski definition) is 3. The fourth-order valence-corrected chi connectivity index (χ4v) is 3.40. The van der Waals surface area contributed by atoms with E-state index in [2.05, 4.69) is 4.98 Å². The zero-order chi connectivity index (χ0) is 13.2. The molecule has 0 radical (unpaired) electrons. The summed E-state index contributed by atoms with van der Waals surface area (Å²) in [5, 5.41) is 0.931. The van der Waals surface area contributed by atoms with Gasteiger partial charge in [0, 0.05) is 18.7 Å². The molecule has 3 nitrogen and oxygen atoms in total. The minimum Gasteiger partial charge on any atom is -0.338 e. The molecule has 2 aromatic rings. The predicted octanol–water partition coefficient (Wildman–Crippen LogP) is 3.35. The number of carbonyl (C=O) groups excluding carboxylic acids is 1. The normalized spacial score (nSPS) is 14.9. The minimum absolute atomic E-state index is 0.148. The summed E-state index contributed by atoms with van der Waals surface area (Å²) < 4.78 is 0. The van der Waals surface area contributed by atoms with Gasteiger partial charge in [-0.1, -0.05) is 30.3 Å². The molecular weight excluding hydrogens is 256 g/mol. The van der Waals surface area contributed by atoms with E-state index < -0.39 is 0 Å². The van der Waals surface area contributed by atoms with E-state index in [1.807, 2.05) is 42.2 Å². The average molecular weight is 272 g/mol. The molecule has 0 aliphatic carbocycles. The summed E-state index contributed by atoms with van der Waals surface area (Å²) in [6.07, 6.45) is 2.24. The summed E-state index contributed by atoms with van der Waals surface area (Å²) in [5.74, 6) is 0.148. The Bertz CT molecular complexity index is 585. The second kappa shape index (κ2) is 5.13. The summed E-state index contributed by atoms with van der Waals surface area (Å²) in [6.45, 7) is 3.69. The molecule has 3 rings (SSSR count). The standard InChI is InChI=1S/C15H16N2OS/c1-11-13(15(18)17-9-5-6-10-17)19-14(16-11)12-7-3-2-4-8-12/h2-4,7-8H,5-6,9-10H2,1H3. The topological polar surface area (TPSA) is 33.2 Å². The number of hydrogen-bond donors (Lipinski definition) is 0. The summed E-state index contributed by atoms with van der Waals surface area (Å²) in [6, 6.07) is 10.0. The summed E-state index contributed by atoms with van der Waals surface area (Å²) in [7, 11) is 0. The molecule has 1 aromatic carbocycles. The van der Waals surface area contributed by atoms with Gasteiger partial charge in [-0.3, -0.25) is 4.79 Å². The lowest BCUT2D eigenvalue weighted by Gasteiger charge is -2.13. The Balaban J connectivity index is 1.91. The first kappa shape index (κ1) is 12.4. The second-order valence-corrected chi connectivity index (χ2v) is 5.80. The molecule has 1 aliphatic rings. The van der Waals surface area contributed by atoms with Crippen molar-refractivity contribution in [2.75, 3.05) is 13.1 Å². The number of thiazole rings is 1. The number of benzene rings is 1. The Labute approximate surface area is 116 Å². The number of carbonyl (C=O) groups is 1. The van der Waals surface area contributed by atoms with E-state index in [9.17, 15) is 4.79 Å². The van der Waals surface area contributed by atoms with Gasteiger partial charge in [-0.2, -0.15) is 0 Å². The van der Waals surface area contributed by atoms with Gasteiger partial charge in [0.05, 0.1) is 5.69 Å². The Morgan fingerprint density at radius 2 is 1.89 bits per heavy atom. The third-order valence-electron chi connectivity index (χ3n) is 3.40. The van der Waals surface area contributed by atoms with Crippen LogP contribution in [0.3, 0.4) is 0 Å². The van der Waals surface area contributed by atoms with Crippen molar-refractivity contribution in [1.82, 2.24) is 9.88 Å². The number of aryl methyl sites for hydroxylation is 1. The van der Waals surface area contributed by atoms with Gasteiger partial charge in [-0.05, 0) is 19.8 Å². The molecule has 2 heterocycles. The van der Waals surface area contributed by atoms with Crippen LogP contribution in [-0.4, -0.2) is 28.9 Å². The third kappa shape index (κ3) is 2.40. The van der Waals surface area contributed by atoms with E-state index in [-0.39, 0.29) is 5.91 Å². The Morgan fingerprint density at radius 1 is 1.21 bits per heavy atom. The number of aromatic nitrogens is 1. The maximum atomic E-state index is 12.4. The van der Waals surface area contributed by atoms with Crippen LogP contribution >= 0.6 is 11.3 Å². The van der Waals surface area contributed by atoms with Crippen molar-refractivity contribution in [3.8, 4) is 10.6 Å². The van der Waals surface area contributed by atoms with E-state index in [4.69, 9.17) is 0 Å². The van der Waals surface area contributed by atoms with Gasteiger partial charge >= 0.3 is 0 Å². The highest BCUT2D eigenvalue weighted by Gasteiger charge is 2.23. The van der Waals surface area contributed by atoms with Crippen LogP contribution in [0.1, 0.15) is 28.2 Å². The summed E-state index contributed by atoms with van der Waals surface area (Å²) in [4.78, 5) is 19.7. The molecule has 1 fully saturated rings. The summed E-state index contributed by atoms with van der Waals surface area (Å²) >= 11 is 1.51. The molecule has 0 atom stereocenters. The molecule has 0 saturated carbocycles. The molecule has 0 bridgehead atoms. The zero-order valence-corrected chi connectivity index (χ0v) is 11.7. The first-order valence-corrected chi connectivity index (χ1v) is 7.39. The lowest BCUT2D eigenvalue weighted by molar-refractivity contribution is 0.0796. The molecule has 0 unspecified atom stereocenters. The van der Waals surface area contributed by atoms with Gasteiger partial charge in [0.2, 0.25) is 0 Å². The fourth-order valence-electron chi connectivity index (χ4n) is 2.36. The molecule has 1 aromatic heterocycles. The molecule has 1 aliphatic heterocycles. The summed E-state index contributed by atoms with van der Waals surface area (Å²) in [5.41, 5.74) is 1.93. The van der Waals surface area contributed by atoms with Crippen molar-refractivity contribution >= 4 is 17.2 Å². The molecule has 1 saturated heterocycles. The fraction of sp³-hybridized carbons (Fsp3) is 0.333. The average Bonchev–Trinajstić information content (AvgIpc) is 3.08. The van der Waals surface area contributed by atoms with Gasteiger partial charge in [-0.15, -0.1) is 11.3 Å².